The SMILES string of the molecule is CCNC(=NCCC1CCCO1)Nc1ccc(OCC)c(OC)c1.I. The highest BCUT2D eigenvalue weighted by Gasteiger charge is 2.14. The maximum atomic E-state index is 5.64. The predicted octanol–water partition coefficient (Wildman–Crippen LogP) is 3.66. The molecular formula is C18H30IN3O3. The van der Waals surface area contributed by atoms with Gasteiger partial charge in [0.1, 0.15) is 0 Å². The minimum Gasteiger partial charge on any atom is -0.493 e. The van der Waals surface area contributed by atoms with Crippen LogP contribution in [0.15, 0.2) is 23.2 Å². The topological polar surface area (TPSA) is 64.1 Å². The summed E-state index contributed by atoms with van der Waals surface area (Å²) in [6.45, 7) is 7.05. The second-order valence-electron chi connectivity index (χ2n) is 5.61. The molecule has 1 aliphatic rings. The van der Waals surface area contributed by atoms with E-state index in [0.717, 1.165) is 49.9 Å². The molecule has 1 fully saturated rings. The molecule has 1 aromatic carbocycles. The number of halogens is 1. The molecule has 7 heteroatoms. The number of anilines is 1. The van der Waals surface area contributed by atoms with E-state index in [1.807, 2.05) is 25.1 Å². The van der Waals surface area contributed by atoms with E-state index >= 15 is 0 Å². The lowest BCUT2D eigenvalue weighted by Crippen LogP contribution is -2.31. The number of ether oxygens (including phenoxy) is 3. The van der Waals surface area contributed by atoms with Gasteiger partial charge >= 0.3 is 0 Å². The van der Waals surface area contributed by atoms with E-state index in [9.17, 15) is 0 Å². The highest BCUT2D eigenvalue weighted by Crippen LogP contribution is 2.30. The number of guanidine groups is 1. The average Bonchev–Trinajstić information content (AvgIpc) is 3.10. The van der Waals surface area contributed by atoms with Gasteiger partial charge in [-0.05, 0) is 45.2 Å². The summed E-state index contributed by atoms with van der Waals surface area (Å²) in [6, 6.07) is 5.78. The fourth-order valence-electron chi connectivity index (χ4n) is 2.66. The van der Waals surface area contributed by atoms with E-state index in [0.29, 0.717) is 18.5 Å². The van der Waals surface area contributed by atoms with E-state index < -0.39 is 0 Å². The lowest BCUT2D eigenvalue weighted by molar-refractivity contribution is 0.106. The van der Waals surface area contributed by atoms with Crippen LogP contribution in [0.2, 0.25) is 0 Å². The van der Waals surface area contributed by atoms with Crippen LogP contribution in [0.1, 0.15) is 33.1 Å². The Bertz CT molecular complexity index is 534. The van der Waals surface area contributed by atoms with E-state index in [2.05, 4.69) is 22.5 Å². The first kappa shape index (κ1) is 21.8. The van der Waals surface area contributed by atoms with Gasteiger partial charge in [-0.15, -0.1) is 24.0 Å². The molecule has 2 rings (SSSR count). The number of methoxy groups -OCH3 is 1. The molecule has 1 aromatic rings. The van der Waals surface area contributed by atoms with Gasteiger partial charge in [-0.25, -0.2) is 0 Å². The van der Waals surface area contributed by atoms with Crippen molar-refractivity contribution >= 4 is 35.6 Å². The minimum atomic E-state index is 0. The Balaban J connectivity index is 0.00000312. The van der Waals surface area contributed by atoms with Crippen LogP contribution in [0.5, 0.6) is 11.5 Å². The molecule has 0 radical (unpaired) electrons. The number of hydrogen-bond acceptors (Lipinski definition) is 4. The molecule has 0 aliphatic carbocycles. The van der Waals surface area contributed by atoms with Crippen molar-refractivity contribution in [3.05, 3.63) is 18.2 Å². The van der Waals surface area contributed by atoms with E-state index in [4.69, 9.17) is 14.2 Å². The van der Waals surface area contributed by atoms with Crippen LogP contribution in [0.25, 0.3) is 0 Å². The molecule has 1 atom stereocenters. The predicted molar refractivity (Wildman–Crippen MR) is 113 cm³/mol. The summed E-state index contributed by atoms with van der Waals surface area (Å²) in [7, 11) is 1.64. The third-order valence-corrected chi connectivity index (χ3v) is 3.82. The fraction of sp³-hybridized carbons (Fsp3) is 0.611. The molecule has 0 amide bonds. The van der Waals surface area contributed by atoms with E-state index in [-0.39, 0.29) is 24.0 Å². The smallest absolute Gasteiger partial charge is 0.195 e. The number of hydrogen-bond donors (Lipinski definition) is 2. The zero-order valence-corrected chi connectivity index (χ0v) is 17.7. The number of nitrogens with one attached hydrogen (secondary N) is 2. The van der Waals surface area contributed by atoms with Crippen molar-refractivity contribution in [1.82, 2.24) is 5.32 Å². The van der Waals surface area contributed by atoms with Crippen molar-refractivity contribution in [3.8, 4) is 11.5 Å². The molecule has 1 saturated heterocycles. The first-order valence-electron chi connectivity index (χ1n) is 8.74. The summed E-state index contributed by atoms with van der Waals surface area (Å²) in [4.78, 5) is 4.63. The second kappa shape index (κ2) is 12.2. The second-order valence-corrected chi connectivity index (χ2v) is 5.61. The normalized spacial score (nSPS) is 16.9. The maximum Gasteiger partial charge on any atom is 0.195 e. The van der Waals surface area contributed by atoms with Gasteiger partial charge in [0.15, 0.2) is 17.5 Å². The molecule has 1 aliphatic heterocycles. The third-order valence-electron chi connectivity index (χ3n) is 3.82. The molecule has 2 N–H and O–H groups in total. The van der Waals surface area contributed by atoms with Crippen molar-refractivity contribution in [2.75, 3.05) is 38.7 Å². The van der Waals surface area contributed by atoms with Crippen LogP contribution >= 0.6 is 24.0 Å². The van der Waals surface area contributed by atoms with Crippen LogP contribution in [0.4, 0.5) is 5.69 Å². The van der Waals surface area contributed by atoms with Gasteiger partial charge in [-0.2, -0.15) is 0 Å². The maximum absolute atomic E-state index is 5.64. The highest BCUT2D eigenvalue weighted by molar-refractivity contribution is 14.0. The lowest BCUT2D eigenvalue weighted by Gasteiger charge is -2.15. The number of aliphatic imine (C=N–C) groups is 1. The Kier molecular flexibility index (Phi) is 10.6. The van der Waals surface area contributed by atoms with Gasteiger partial charge in [0.05, 0.1) is 19.8 Å². The van der Waals surface area contributed by atoms with Crippen molar-refractivity contribution < 1.29 is 14.2 Å². The summed E-state index contributed by atoms with van der Waals surface area (Å²) >= 11 is 0. The number of nitrogens with zero attached hydrogens (tertiary/aromatic N) is 1. The Morgan fingerprint density at radius 2 is 2.16 bits per heavy atom. The molecule has 0 aromatic heterocycles. The van der Waals surface area contributed by atoms with Crippen LogP contribution in [0.3, 0.4) is 0 Å². The summed E-state index contributed by atoms with van der Waals surface area (Å²) in [5.41, 5.74) is 0.909. The number of rotatable bonds is 8. The minimum absolute atomic E-state index is 0. The summed E-state index contributed by atoms with van der Waals surface area (Å²) in [5.74, 6) is 2.21. The lowest BCUT2D eigenvalue weighted by atomic mass is 10.2. The van der Waals surface area contributed by atoms with Crippen molar-refractivity contribution in [2.24, 2.45) is 4.99 Å². The van der Waals surface area contributed by atoms with Gasteiger partial charge in [0, 0.05) is 31.5 Å². The quantitative estimate of drug-likeness (QED) is 0.350. The largest absolute Gasteiger partial charge is 0.493 e. The van der Waals surface area contributed by atoms with Gasteiger partial charge in [0.25, 0.3) is 0 Å². The van der Waals surface area contributed by atoms with Gasteiger partial charge in [-0.1, -0.05) is 0 Å². The zero-order valence-electron chi connectivity index (χ0n) is 15.3. The van der Waals surface area contributed by atoms with Crippen LogP contribution in [0, 0.1) is 0 Å². The molecule has 0 bridgehead atoms. The van der Waals surface area contributed by atoms with Crippen LogP contribution < -0.4 is 20.1 Å². The standard InChI is InChI=1S/C18H29N3O3.HI/c1-4-19-18(20-11-10-15-7-6-12-24-15)21-14-8-9-16(23-5-2)17(13-14)22-3;/h8-9,13,15H,4-7,10-12H2,1-3H3,(H2,19,20,21);1H. The van der Waals surface area contributed by atoms with Gasteiger partial charge in [-0.3, -0.25) is 4.99 Å². The average molecular weight is 463 g/mol. The summed E-state index contributed by atoms with van der Waals surface area (Å²) in [6.07, 6.45) is 3.64. The molecule has 0 spiro atoms. The fourth-order valence-corrected chi connectivity index (χ4v) is 2.66. The number of benzene rings is 1. The molecule has 1 heterocycles. The Morgan fingerprint density at radius 3 is 2.80 bits per heavy atom. The Morgan fingerprint density at radius 1 is 1.32 bits per heavy atom. The van der Waals surface area contributed by atoms with Crippen molar-refractivity contribution in [3.63, 3.8) is 0 Å². The summed E-state index contributed by atoms with van der Waals surface area (Å²) in [5, 5.41) is 6.57. The first-order chi connectivity index (χ1) is 11.8. The molecule has 6 nitrogen and oxygen atoms in total. The molecule has 1 unspecified atom stereocenters. The van der Waals surface area contributed by atoms with Crippen LogP contribution in [-0.4, -0.2) is 45.5 Å². The van der Waals surface area contributed by atoms with Gasteiger partial charge < -0.3 is 24.8 Å². The molecule has 142 valence electrons. The third kappa shape index (κ3) is 7.27. The highest BCUT2D eigenvalue weighted by atomic mass is 127. The van der Waals surface area contributed by atoms with Crippen molar-refractivity contribution in [2.45, 2.75) is 39.2 Å². The summed E-state index contributed by atoms with van der Waals surface area (Å²) < 4.78 is 16.6. The van der Waals surface area contributed by atoms with Crippen molar-refractivity contribution in [1.29, 1.82) is 0 Å². The first-order valence-corrected chi connectivity index (χ1v) is 8.74. The monoisotopic (exact) mass is 463 g/mol. The van der Waals surface area contributed by atoms with E-state index in [1.165, 1.54) is 6.42 Å². The molecular weight excluding hydrogens is 433 g/mol. The molecule has 25 heavy (non-hydrogen) atoms. The molecule has 0 saturated carbocycles. The Labute approximate surface area is 167 Å². The zero-order chi connectivity index (χ0) is 17.2. The van der Waals surface area contributed by atoms with E-state index in [1.54, 1.807) is 7.11 Å². The van der Waals surface area contributed by atoms with Gasteiger partial charge in [0.2, 0.25) is 0 Å². The Hall–Kier alpha value is -1.22. The van der Waals surface area contributed by atoms with Crippen LogP contribution in [-0.2, 0) is 4.74 Å².